The molecule has 6 nitrogen and oxygen atoms in total. The molecule has 2 fully saturated rings. The molecular weight excluding hydrogens is 404 g/mol. The Morgan fingerprint density at radius 2 is 1.88 bits per heavy atom. The summed E-state index contributed by atoms with van der Waals surface area (Å²) in [6.45, 7) is 14.1. The van der Waals surface area contributed by atoms with E-state index in [4.69, 9.17) is 4.74 Å². The van der Waals surface area contributed by atoms with Crippen LogP contribution in [0.5, 0.6) is 5.75 Å². The molecule has 2 saturated heterocycles. The van der Waals surface area contributed by atoms with Gasteiger partial charge in [-0.25, -0.2) is 4.79 Å². The number of carbonyl (C=O) groups excluding carboxylic acids is 2. The maximum atomic E-state index is 13.8. The van der Waals surface area contributed by atoms with Crippen molar-refractivity contribution in [1.29, 1.82) is 0 Å². The third-order valence-corrected chi connectivity index (χ3v) is 8.33. The maximum Gasteiger partial charge on any atom is 0.410 e. The maximum absolute atomic E-state index is 13.8. The number of benzene rings is 1. The predicted octanol–water partition coefficient (Wildman–Crippen LogP) is 4.48. The molecule has 0 radical (unpaired) electrons. The van der Waals surface area contributed by atoms with E-state index < -0.39 is 5.60 Å². The molecule has 32 heavy (non-hydrogen) atoms. The molecule has 1 N–H and O–H groups in total. The van der Waals surface area contributed by atoms with Crippen LogP contribution in [0, 0.1) is 11.3 Å². The lowest BCUT2D eigenvalue weighted by molar-refractivity contribution is -0.149. The summed E-state index contributed by atoms with van der Waals surface area (Å²) in [5.74, 6) is 0.261. The third-order valence-electron chi connectivity index (χ3n) is 8.33. The van der Waals surface area contributed by atoms with Crippen LogP contribution in [-0.2, 0) is 21.4 Å². The number of ether oxygens (including phenoxy) is 1. The van der Waals surface area contributed by atoms with E-state index >= 15 is 0 Å². The van der Waals surface area contributed by atoms with Gasteiger partial charge in [0.15, 0.2) is 0 Å². The van der Waals surface area contributed by atoms with Gasteiger partial charge in [0.1, 0.15) is 11.4 Å². The van der Waals surface area contributed by atoms with Crippen LogP contribution in [-0.4, -0.2) is 58.2 Å². The van der Waals surface area contributed by atoms with Crippen LogP contribution < -0.4 is 0 Å². The lowest BCUT2D eigenvalue weighted by Gasteiger charge is -2.61. The van der Waals surface area contributed by atoms with Gasteiger partial charge in [-0.3, -0.25) is 4.79 Å². The Morgan fingerprint density at radius 1 is 1.16 bits per heavy atom. The molecule has 1 aromatic rings. The molecule has 176 valence electrons. The number of carbonyl (C=O) groups is 2. The molecule has 2 bridgehead atoms. The SMILES string of the molecule is CC(C)(C)OC(=O)N1CCCC(C(=O)N2CC[C@@]3(C)c4cccc(O)c4CC2C3(C)C)C1. The summed E-state index contributed by atoms with van der Waals surface area (Å²) < 4.78 is 5.55. The fourth-order valence-corrected chi connectivity index (χ4v) is 6.10. The normalized spacial score (nSPS) is 29.3. The Morgan fingerprint density at radius 3 is 2.56 bits per heavy atom. The highest BCUT2D eigenvalue weighted by molar-refractivity contribution is 5.81. The number of fused-ring (bicyclic) bond motifs is 4. The molecule has 0 spiro atoms. The topological polar surface area (TPSA) is 70.1 Å². The number of likely N-dealkylation sites (tertiary alicyclic amines) is 2. The second kappa shape index (κ2) is 7.67. The number of nitrogens with zero attached hydrogens (tertiary/aromatic N) is 2. The molecule has 2 amide bonds. The fraction of sp³-hybridized carbons (Fsp3) is 0.692. The van der Waals surface area contributed by atoms with Gasteiger partial charge in [0, 0.05) is 31.1 Å². The van der Waals surface area contributed by atoms with E-state index in [0.29, 0.717) is 31.8 Å². The monoisotopic (exact) mass is 442 g/mol. The Kier molecular flexibility index (Phi) is 5.50. The first kappa shape index (κ1) is 22.9. The number of aromatic hydroxyl groups is 1. The van der Waals surface area contributed by atoms with Crippen molar-refractivity contribution in [3.8, 4) is 5.75 Å². The fourth-order valence-electron chi connectivity index (χ4n) is 6.10. The zero-order valence-electron chi connectivity index (χ0n) is 20.4. The van der Waals surface area contributed by atoms with E-state index in [1.165, 1.54) is 5.56 Å². The molecule has 1 aromatic carbocycles. The minimum atomic E-state index is -0.549. The average molecular weight is 443 g/mol. The number of hydrogen-bond donors (Lipinski definition) is 1. The highest BCUT2D eigenvalue weighted by atomic mass is 16.6. The van der Waals surface area contributed by atoms with Crippen molar-refractivity contribution in [2.75, 3.05) is 19.6 Å². The predicted molar refractivity (Wildman–Crippen MR) is 124 cm³/mol. The number of piperidine rings is 2. The molecule has 3 aliphatic rings. The first-order chi connectivity index (χ1) is 14.8. The first-order valence-electron chi connectivity index (χ1n) is 11.9. The lowest BCUT2D eigenvalue weighted by atomic mass is 9.51. The van der Waals surface area contributed by atoms with Crippen molar-refractivity contribution in [3.63, 3.8) is 0 Å². The summed E-state index contributed by atoms with van der Waals surface area (Å²) in [5.41, 5.74) is 1.43. The van der Waals surface area contributed by atoms with Crippen molar-refractivity contribution in [3.05, 3.63) is 29.3 Å². The van der Waals surface area contributed by atoms with Gasteiger partial charge in [0.2, 0.25) is 5.91 Å². The van der Waals surface area contributed by atoms with Gasteiger partial charge in [-0.15, -0.1) is 0 Å². The summed E-state index contributed by atoms with van der Waals surface area (Å²) in [6.07, 6.45) is 2.79. The van der Waals surface area contributed by atoms with Crippen LogP contribution in [0.3, 0.4) is 0 Å². The smallest absolute Gasteiger partial charge is 0.410 e. The van der Waals surface area contributed by atoms with Crippen molar-refractivity contribution in [2.45, 2.75) is 84.3 Å². The van der Waals surface area contributed by atoms with Gasteiger partial charge in [-0.2, -0.15) is 0 Å². The quantitative estimate of drug-likeness (QED) is 0.696. The number of amides is 2. The van der Waals surface area contributed by atoms with Gasteiger partial charge >= 0.3 is 6.09 Å². The van der Waals surface area contributed by atoms with Gasteiger partial charge in [0.05, 0.1) is 5.92 Å². The molecule has 3 atom stereocenters. The van der Waals surface area contributed by atoms with Gasteiger partial charge in [-0.1, -0.05) is 32.9 Å². The first-order valence-corrected chi connectivity index (χ1v) is 11.9. The van der Waals surface area contributed by atoms with E-state index in [2.05, 4.69) is 31.7 Å². The molecule has 2 heterocycles. The largest absolute Gasteiger partial charge is 0.508 e. The van der Waals surface area contributed by atoms with Crippen molar-refractivity contribution < 1.29 is 19.4 Å². The minimum Gasteiger partial charge on any atom is -0.508 e. The Labute approximate surface area is 191 Å². The number of hydrogen-bond acceptors (Lipinski definition) is 4. The van der Waals surface area contributed by atoms with E-state index in [1.54, 1.807) is 11.0 Å². The highest BCUT2D eigenvalue weighted by Gasteiger charge is 2.57. The summed E-state index contributed by atoms with van der Waals surface area (Å²) in [4.78, 5) is 30.1. The molecule has 0 aromatic heterocycles. The van der Waals surface area contributed by atoms with E-state index in [1.807, 2.05) is 26.8 Å². The Bertz CT molecular complexity index is 919. The molecular formula is C26H38N2O4. The molecule has 2 unspecified atom stereocenters. The number of rotatable bonds is 1. The zero-order valence-corrected chi connectivity index (χ0v) is 20.4. The summed E-state index contributed by atoms with van der Waals surface area (Å²) in [5, 5.41) is 10.6. The number of phenolic OH excluding ortho intramolecular Hbond substituents is 1. The van der Waals surface area contributed by atoms with Gasteiger partial charge in [-0.05, 0) is 69.1 Å². The van der Waals surface area contributed by atoms with Crippen molar-refractivity contribution in [2.24, 2.45) is 11.3 Å². The summed E-state index contributed by atoms with van der Waals surface area (Å²) in [7, 11) is 0. The van der Waals surface area contributed by atoms with Crippen LogP contribution >= 0.6 is 0 Å². The van der Waals surface area contributed by atoms with E-state index in [-0.39, 0.29) is 34.8 Å². The molecule has 0 saturated carbocycles. The van der Waals surface area contributed by atoms with Crippen LogP contribution in [0.15, 0.2) is 18.2 Å². The van der Waals surface area contributed by atoms with Crippen LogP contribution in [0.4, 0.5) is 4.79 Å². The van der Waals surface area contributed by atoms with Crippen molar-refractivity contribution >= 4 is 12.0 Å². The van der Waals surface area contributed by atoms with E-state index in [0.717, 1.165) is 24.8 Å². The van der Waals surface area contributed by atoms with Crippen LogP contribution in [0.2, 0.25) is 0 Å². The van der Waals surface area contributed by atoms with Gasteiger partial charge in [0.25, 0.3) is 0 Å². The average Bonchev–Trinajstić information content (AvgIpc) is 2.70. The van der Waals surface area contributed by atoms with Crippen LogP contribution in [0.25, 0.3) is 0 Å². The zero-order chi connectivity index (χ0) is 23.5. The summed E-state index contributed by atoms with van der Waals surface area (Å²) in [6, 6.07) is 5.85. The van der Waals surface area contributed by atoms with Crippen LogP contribution in [0.1, 0.15) is 71.9 Å². The Hall–Kier alpha value is -2.24. The highest BCUT2D eigenvalue weighted by Crippen LogP contribution is 2.57. The lowest BCUT2D eigenvalue weighted by Crippen LogP contribution is -2.66. The minimum absolute atomic E-state index is 0.0199. The van der Waals surface area contributed by atoms with Crippen molar-refractivity contribution in [1.82, 2.24) is 9.80 Å². The molecule has 4 rings (SSSR count). The number of phenols is 1. The summed E-state index contributed by atoms with van der Waals surface area (Å²) >= 11 is 0. The Balaban J connectivity index is 1.57. The molecule has 6 heteroatoms. The third kappa shape index (κ3) is 3.65. The van der Waals surface area contributed by atoms with Gasteiger partial charge < -0.3 is 19.6 Å². The molecule has 2 aliphatic heterocycles. The molecule has 1 aliphatic carbocycles. The standard InChI is InChI=1S/C26H38N2O4/c1-24(2,3)32-23(31)27-13-8-9-17(16-27)22(30)28-14-12-26(6)19-10-7-11-20(29)18(19)15-21(28)25(26,4)5/h7,10-11,17,21,29H,8-9,12-16H2,1-6H3/t17?,21?,26-/m0/s1. The van der Waals surface area contributed by atoms with E-state index in [9.17, 15) is 14.7 Å². The second-order valence-corrected chi connectivity index (χ2v) is 11.6. The second-order valence-electron chi connectivity index (χ2n) is 11.6.